The lowest BCUT2D eigenvalue weighted by molar-refractivity contribution is 0.0693. The summed E-state index contributed by atoms with van der Waals surface area (Å²) in [6.07, 6.45) is 9.71. The molecule has 0 saturated carbocycles. The normalized spacial score (nSPS) is 15.4. The number of aryl methyl sites for hydroxylation is 1. The highest BCUT2D eigenvalue weighted by Gasteiger charge is 2.25. The predicted molar refractivity (Wildman–Crippen MR) is 122 cm³/mol. The number of hydrogen-bond acceptors (Lipinski definition) is 4. The number of rotatable bonds is 8. The van der Waals surface area contributed by atoms with Gasteiger partial charge in [0.25, 0.3) is 0 Å². The van der Waals surface area contributed by atoms with Gasteiger partial charge in [0, 0.05) is 29.9 Å². The number of nitrogens with one attached hydrogen (secondary N) is 1. The first-order valence-electron chi connectivity index (χ1n) is 11.2. The minimum atomic E-state index is -0.954. The molecule has 1 aromatic carbocycles. The van der Waals surface area contributed by atoms with Crippen LogP contribution in [0.15, 0.2) is 36.7 Å². The van der Waals surface area contributed by atoms with Gasteiger partial charge >= 0.3 is 5.97 Å². The number of ether oxygens (including phenoxy) is 1. The molecule has 31 heavy (non-hydrogen) atoms. The smallest absolute Gasteiger partial charge is 0.339 e. The predicted octanol–water partition coefficient (Wildman–Crippen LogP) is 4.99. The molecule has 0 bridgehead atoms. The molecule has 1 fully saturated rings. The van der Waals surface area contributed by atoms with Crippen LogP contribution in [0, 0.1) is 0 Å². The van der Waals surface area contributed by atoms with Gasteiger partial charge in [0.05, 0.1) is 7.11 Å². The lowest BCUT2D eigenvalue weighted by atomic mass is 9.87. The van der Waals surface area contributed by atoms with E-state index in [0.717, 1.165) is 43.6 Å². The number of H-pyrrole nitrogens is 1. The number of aromatic amines is 1. The van der Waals surface area contributed by atoms with Crippen molar-refractivity contribution in [3.63, 3.8) is 0 Å². The van der Waals surface area contributed by atoms with Gasteiger partial charge < -0.3 is 14.8 Å². The molecule has 0 aliphatic carbocycles. The van der Waals surface area contributed by atoms with Crippen LogP contribution >= 0.6 is 0 Å². The first kappa shape index (κ1) is 21.4. The summed E-state index contributed by atoms with van der Waals surface area (Å²) >= 11 is 0. The summed E-state index contributed by atoms with van der Waals surface area (Å²) in [5, 5.41) is 10.8. The largest absolute Gasteiger partial charge is 0.496 e. The second-order valence-corrected chi connectivity index (χ2v) is 8.39. The Labute approximate surface area is 183 Å². The van der Waals surface area contributed by atoms with E-state index in [1.807, 2.05) is 12.3 Å². The number of nitrogens with zero attached hydrogens (tertiary/aromatic N) is 2. The Morgan fingerprint density at radius 2 is 2.06 bits per heavy atom. The van der Waals surface area contributed by atoms with Crippen LogP contribution in [0.25, 0.3) is 11.0 Å². The van der Waals surface area contributed by atoms with Gasteiger partial charge in [-0.3, -0.25) is 4.90 Å². The number of piperidine rings is 1. The molecule has 4 rings (SSSR count). The number of pyridine rings is 1. The first-order valence-corrected chi connectivity index (χ1v) is 11.2. The molecule has 164 valence electrons. The molecule has 1 saturated heterocycles. The van der Waals surface area contributed by atoms with Crippen molar-refractivity contribution in [1.82, 2.24) is 14.9 Å². The molecule has 2 N–H and O–H groups in total. The summed E-state index contributed by atoms with van der Waals surface area (Å²) < 4.78 is 5.43. The number of carboxylic acid groups (broad SMARTS) is 1. The standard InChI is InChI=1S/C25H31N3O3/c1-3-4-6-18-9-12-26-24-22(18)21(15-27-24)17-10-13-28(14-11-17)16-19-7-5-8-20(25(29)30)23(19)31-2/h5,7-9,12,15,17H,3-4,6,10-11,13-14,16H2,1-2H3,(H,26,27)(H,29,30). The van der Waals surface area contributed by atoms with E-state index >= 15 is 0 Å². The Bertz CT molecular complexity index is 1050. The molecule has 3 heterocycles. The average molecular weight is 422 g/mol. The summed E-state index contributed by atoms with van der Waals surface area (Å²) in [6, 6.07) is 7.53. The number of carboxylic acids is 1. The number of aromatic carboxylic acids is 1. The van der Waals surface area contributed by atoms with Crippen molar-refractivity contribution in [2.75, 3.05) is 20.2 Å². The van der Waals surface area contributed by atoms with Crippen LogP contribution in [-0.4, -0.2) is 46.1 Å². The molecule has 6 nitrogen and oxygen atoms in total. The van der Waals surface area contributed by atoms with E-state index in [9.17, 15) is 9.90 Å². The monoisotopic (exact) mass is 421 g/mol. The van der Waals surface area contributed by atoms with Crippen molar-refractivity contribution < 1.29 is 14.6 Å². The molecule has 6 heteroatoms. The van der Waals surface area contributed by atoms with Crippen LogP contribution in [0.1, 0.15) is 65.6 Å². The number of hydrogen-bond donors (Lipinski definition) is 2. The quantitative estimate of drug-likeness (QED) is 0.536. The highest BCUT2D eigenvalue weighted by Crippen LogP contribution is 2.35. The van der Waals surface area contributed by atoms with Crippen LogP contribution in [-0.2, 0) is 13.0 Å². The Kier molecular flexibility index (Phi) is 6.56. The number of fused-ring (bicyclic) bond motifs is 1. The van der Waals surface area contributed by atoms with Gasteiger partial charge in [0.15, 0.2) is 0 Å². The van der Waals surface area contributed by atoms with Crippen molar-refractivity contribution in [2.24, 2.45) is 0 Å². The van der Waals surface area contributed by atoms with E-state index in [-0.39, 0.29) is 5.56 Å². The molecule has 3 aromatic rings. The van der Waals surface area contributed by atoms with E-state index in [1.165, 1.54) is 29.4 Å². The fourth-order valence-corrected chi connectivity index (χ4v) is 4.81. The van der Waals surface area contributed by atoms with E-state index in [2.05, 4.69) is 34.1 Å². The Balaban J connectivity index is 1.48. The molecule has 0 atom stereocenters. The third kappa shape index (κ3) is 4.44. The Hall–Kier alpha value is -2.86. The zero-order chi connectivity index (χ0) is 21.8. The molecule has 1 aliphatic heterocycles. The second kappa shape index (κ2) is 9.52. The van der Waals surface area contributed by atoms with E-state index < -0.39 is 5.97 Å². The molecule has 2 aromatic heterocycles. The number of carbonyl (C=O) groups is 1. The SMILES string of the molecule is CCCCc1ccnc2[nH]cc(C3CCN(Cc4cccc(C(=O)O)c4OC)CC3)c12. The summed E-state index contributed by atoms with van der Waals surface area (Å²) in [4.78, 5) is 21.8. The molecule has 0 radical (unpaired) electrons. The number of unbranched alkanes of at least 4 members (excludes halogenated alkanes) is 1. The van der Waals surface area contributed by atoms with E-state index in [0.29, 0.717) is 18.2 Å². The van der Waals surface area contributed by atoms with Crippen molar-refractivity contribution >= 4 is 17.0 Å². The Morgan fingerprint density at radius 1 is 1.26 bits per heavy atom. The number of para-hydroxylation sites is 1. The van der Waals surface area contributed by atoms with Crippen LogP contribution in [0.4, 0.5) is 0 Å². The molecule has 0 amide bonds. The number of methoxy groups -OCH3 is 1. The van der Waals surface area contributed by atoms with Crippen LogP contribution < -0.4 is 4.74 Å². The van der Waals surface area contributed by atoms with Gasteiger partial charge in [-0.1, -0.05) is 25.5 Å². The third-order valence-corrected chi connectivity index (χ3v) is 6.44. The zero-order valence-electron chi connectivity index (χ0n) is 18.4. The van der Waals surface area contributed by atoms with Gasteiger partial charge in [0.2, 0.25) is 0 Å². The molecule has 1 aliphatic rings. The van der Waals surface area contributed by atoms with Gasteiger partial charge in [-0.15, -0.1) is 0 Å². The highest BCUT2D eigenvalue weighted by atomic mass is 16.5. The fourth-order valence-electron chi connectivity index (χ4n) is 4.81. The minimum absolute atomic E-state index is 0.223. The average Bonchev–Trinajstić information content (AvgIpc) is 3.23. The summed E-state index contributed by atoms with van der Waals surface area (Å²) in [5.41, 5.74) is 4.96. The van der Waals surface area contributed by atoms with E-state index in [4.69, 9.17) is 4.74 Å². The van der Waals surface area contributed by atoms with Crippen LogP contribution in [0.5, 0.6) is 5.75 Å². The Morgan fingerprint density at radius 3 is 2.77 bits per heavy atom. The van der Waals surface area contributed by atoms with Crippen molar-refractivity contribution in [1.29, 1.82) is 0 Å². The number of benzene rings is 1. The fraction of sp³-hybridized carbons (Fsp3) is 0.440. The van der Waals surface area contributed by atoms with Gasteiger partial charge in [-0.2, -0.15) is 0 Å². The van der Waals surface area contributed by atoms with Crippen molar-refractivity contribution in [2.45, 2.75) is 51.5 Å². The second-order valence-electron chi connectivity index (χ2n) is 8.39. The van der Waals surface area contributed by atoms with Crippen LogP contribution in [0.2, 0.25) is 0 Å². The topological polar surface area (TPSA) is 78.5 Å². The van der Waals surface area contributed by atoms with Crippen molar-refractivity contribution in [3.8, 4) is 5.75 Å². The van der Waals surface area contributed by atoms with Gasteiger partial charge in [-0.05, 0) is 68.0 Å². The lowest BCUT2D eigenvalue weighted by Crippen LogP contribution is -2.32. The number of likely N-dealkylation sites (tertiary alicyclic amines) is 1. The minimum Gasteiger partial charge on any atom is -0.496 e. The van der Waals surface area contributed by atoms with Gasteiger partial charge in [0.1, 0.15) is 17.0 Å². The summed E-state index contributed by atoms with van der Waals surface area (Å²) in [7, 11) is 1.54. The maximum atomic E-state index is 11.5. The lowest BCUT2D eigenvalue weighted by Gasteiger charge is -2.32. The molecular weight excluding hydrogens is 390 g/mol. The molecule has 0 unspecified atom stereocenters. The zero-order valence-corrected chi connectivity index (χ0v) is 18.4. The summed E-state index contributed by atoms with van der Waals surface area (Å²) in [5.74, 6) is 0.0337. The number of aromatic nitrogens is 2. The van der Waals surface area contributed by atoms with Crippen LogP contribution in [0.3, 0.4) is 0 Å². The maximum Gasteiger partial charge on any atom is 0.339 e. The molecule has 0 spiro atoms. The van der Waals surface area contributed by atoms with Crippen molar-refractivity contribution in [3.05, 3.63) is 58.9 Å². The maximum absolute atomic E-state index is 11.5. The third-order valence-electron chi connectivity index (χ3n) is 6.44. The summed E-state index contributed by atoms with van der Waals surface area (Å²) in [6.45, 7) is 4.88. The molecular formula is C25H31N3O3. The highest BCUT2D eigenvalue weighted by molar-refractivity contribution is 5.91. The van der Waals surface area contributed by atoms with E-state index in [1.54, 1.807) is 19.2 Å². The van der Waals surface area contributed by atoms with Gasteiger partial charge in [-0.25, -0.2) is 9.78 Å². The first-order chi connectivity index (χ1) is 15.1.